The van der Waals surface area contributed by atoms with Crippen LogP contribution >= 0.6 is 0 Å². The summed E-state index contributed by atoms with van der Waals surface area (Å²) in [6.07, 6.45) is 3.08. The van der Waals surface area contributed by atoms with Gasteiger partial charge in [-0.2, -0.15) is 5.26 Å². The first kappa shape index (κ1) is 11.6. The van der Waals surface area contributed by atoms with Crippen LogP contribution in [0.25, 0.3) is 0 Å². The van der Waals surface area contributed by atoms with Crippen LogP contribution in [0.15, 0.2) is 36.7 Å². The van der Waals surface area contributed by atoms with Gasteiger partial charge in [-0.1, -0.05) is 24.3 Å². The van der Waals surface area contributed by atoms with Gasteiger partial charge in [-0.25, -0.2) is 9.97 Å². The van der Waals surface area contributed by atoms with E-state index in [1.165, 1.54) is 12.4 Å². The summed E-state index contributed by atoms with van der Waals surface area (Å²) < 4.78 is 0. The summed E-state index contributed by atoms with van der Waals surface area (Å²) in [5.41, 5.74) is 2.40. The van der Waals surface area contributed by atoms with E-state index in [4.69, 9.17) is 5.26 Å². The van der Waals surface area contributed by atoms with Crippen LogP contribution in [0.5, 0.6) is 0 Å². The second kappa shape index (κ2) is 4.67. The number of nitrogens with zero attached hydrogens (tertiary/aromatic N) is 3. The average molecular weight is 252 g/mol. The Labute approximate surface area is 110 Å². The van der Waals surface area contributed by atoms with Crippen LogP contribution in [0.3, 0.4) is 0 Å². The third-order valence-electron chi connectivity index (χ3n) is 3.30. The number of aromatic nitrogens is 2. The minimum atomic E-state index is -0.522. The number of hydrogen-bond donors (Lipinski definition) is 2. The van der Waals surface area contributed by atoms with Crippen molar-refractivity contribution >= 4 is 5.82 Å². The Kier molecular flexibility index (Phi) is 2.86. The number of aliphatic hydroxyl groups is 1. The van der Waals surface area contributed by atoms with Crippen LogP contribution in [-0.2, 0) is 6.42 Å². The number of nitriles is 1. The molecule has 5 heteroatoms. The van der Waals surface area contributed by atoms with Crippen molar-refractivity contribution in [3.63, 3.8) is 0 Å². The molecule has 1 aliphatic rings. The molecule has 0 spiro atoms. The molecule has 1 aliphatic carbocycles. The van der Waals surface area contributed by atoms with E-state index in [9.17, 15) is 5.11 Å². The largest absolute Gasteiger partial charge is 0.390 e. The van der Waals surface area contributed by atoms with Gasteiger partial charge in [0, 0.05) is 18.8 Å². The van der Waals surface area contributed by atoms with Gasteiger partial charge >= 0.3 is 0 Å². The van der Waals surface area contributed by atoms with Crippen LogP contribution in [-0.4, -0.2) is 21.2 Å². The molecule has 1 aromatic heterocycles. The highest BCUT2D eigenvalue weighted by Gasteiger charge is 2.31. The maximum absolute atomic E-state index is 10.1. The molecule has 0 unspecified atom stereocenters. The van der Waals surface area contributed by atoms with E-state index >= 15 is 0 Å². The molecule has 0 aliphatic heterocycles. The van der Waals surface area contributed by atoms with Crippen molar-refractivity contribution in [2.75, 3.05) is 5.32 Å². The van der Waals surface area contributed by atoms with Gasteiger partial charge in [0.25, 0.3) is 0 Å². The molecule has 94 valence electrons. The van der Waals surface area contributed by atoms with Crippen LogP contribution < -0.4 is 5.32 Å². The maximum atomic E-state index is 10.1. The first-order valence-electron chi connectivity index (χ1n) is 6.03. The van der Waals surface area contributed by atoms with Gasteiger partial charge in [-0.3, -0.25) is 0 Å². The lowest BCUT2D eigenvalue weighted by Gasteiger charge is -2.18. The number of aliphatic hydroxyl groups excluding tert-OH is 1. The standard InChI is InChI=1S/C14H12N4O/c15-8-11-14(17-6-5-16-11)18-13-10-4-2-1-3-9(10)7-12(13)19/h1-6,12-13,19H,7H2,(H,17,18)/t12-,13+/m0/s1. The number of benzene rings is 1. The Bertz CT molecular complexity index is 650. The number of rotatable bonds is 2. The minimum absolute atomic E-state index is 0.235. The van der Waals surface area contributed by atoms with Crippen LogP contribution in [0.1, 0.15) is 22.9 Å². The quantitative estimate of drug-likeness (QED) is 0.844. The molecule has 0 radical (unpaired) electrons. The topological polar surface area (TPSA) is 81.8 Å². The molecule has 2 atom stereocenters. The molecule has 0 saturated heterocycles. The van der Waals surface area contributed by atoms with E-state index in [2.05, 4.69) is 15.3 Å². The van der Waals surface area contributed by atoms with Crippen molar-refractivity contribution in [2.24, 2.45) is 0 Å². The number of nitrogens with one attached hydrogen (secondary N) is 1. The molecule has 2 N–H and O–H groups in total. The Morgan fingerprint density at radius 2 is 2.05 bits per heavy atom. The SMILES string of the molecule is N#Cc1nccnc1N[C@@H]1c2ccccc2C[C@@H]1O. The summed E-state index contributed by atoms with van der Waals surface area (Å²) in [5, 5.41) is 22.3. The molecule has 3 rings (SSSR count). The summed E-state index contributed by atoms with van der Waals surface area (Å²) >= 11 is 0. The van der Waals surface area contributed by atoms with Crippen LogP contribution in [0.4, 0.5) is 5.82 Å². The van der Waals surface area contributed by atoms with Gasteiger partial charge in [0.1, 0.15) is 6.07 Å². The fraction of sp³-hybridized carbons (Fsp3) is 0.214. The van der Waals surface area contributed by atoms with Crippen LogP contribution in [0, 0.1) is 11.3 Å². The second-order valence-corrected chi connectivity index (χ2v) is 4.46. The summed E-state index contributed by atoms with van der Waals surface area (Å²) in [6, 6.07) is 9.61. The van der Waals surface area contributed by atoms with Crippen molar-refractivity contribution in [1.29, 1.82) is 5.26 Å². The van der Waals surface area contributed by atoms with Gasteiger partial charge in [-0.15, -0.1) is 0 Å². The van der Waals surface area contributed by atoms with Crippen molar-refractivity contribution in [1.82, 2.24) is 9.97 Å². The molecule has 1 heterocycles. The third kappa shape index (κ3) is 2.02. The zero-order chi connectivity index (χ0) is 13.2. The first-order chi connectivity index (χ1) is 9.29. The van der Waals surface area contributed by atoms with Gasteiger partial charge in [0.15, 0.2) is 11.5 Å². The predicted molar refractivity (Wildman–Crippen MR) is 69.3 cm³/mol. The van der Waals surface area contributed by atoms with Crippen molar-refractivity contribution in [3.8, 4) is 6.07 Å². The second-order valence-electron chi connectivity index (χ2n) is 4.46. The smallest absolute Gasteiger partial charge is 0.182 e. The van der Waals surface area contributed by atoms with Crippen molar-refractivity contribution in [3.05, 3.63) is 53.5 Å². The van der Waals surface area contributed by atoms with E-state index < -0.39 is 6.10 Å². The Morgan fingerprint density at radius 1 is 1.26 bits per heavy atom. The zero-order valence-corrected chi connectivity index (χ0v) is 10.1. The molecular formula is C14H12N4O. The molecule has 0 saturated carbocycles. The fourth-order valence-corrected chi connectivity index (χ4v) is 2.42. The average Bonchev–Trinajstić information content (AvgIpc) is 2.76. The molecule has 1 aromatic carbocycles. The molecule has 0 bridgehead atoms. The van der Waals surface area contributed by atoms with Crippen molar-refractivity contribution < 1.29 is 5.11 Å². The number of anilines is 1. The highest BCUT2D eigenvalue weighted by atomic mass is 16.3. The predicted octanol–water partition coefficient (Wildman–Crippen LogP) is 1.42. The van der Waals surface area contributed by atoms with Gasteiger partial charge in [0.2, 0.25) is 0 Å². The lowest BCUT2D eigenvalue weighted by atomic mass is 10.1. The third-order valence-corrected chi connectivity index (χ3v) is 3.30. The first-order valence-corrected chi connectivity index (χ1v) is 6.03. The molecule has 0 fully saturated rings. The minimum Gasteiger partial charge on any atom is -0.390 e. The maximum Gasteiger partial charge on any atom is 0.182 e. The van der Waals surface area contributed by atoms with E-state index in [-0.39, 0.29) is 11.7 Å². The normalized spacial score (nSPS) is 20.6. The monoisotopic (exact) mass is 252 g/mol. The molecule has 0 amide bonds. The molecular weight excluding hydrogens is 240 g/mol. The fourth-order valence-electron chi connectivity index (χ4n) is 2.42. The highest BCUT2D eigenvalue weighted by molar-refractivity contribution is 5.51. The van der Waals surface area contributed by atoms with Gasteiger partial charge in [-0.05, 0) is 11.1 Å². The van der Waals surface area contributed by atoms with E-state index in [1.807, 2.05) is 30.3 Å². The zero-order valence-electron chi connectivity index (χ0n) is 10.1. The lowest BCUT2D eigenvalue weighted by Crippen LogP contribution is -2.22. The van der Waals surface area contributed by atoms with Crippen molar-refractivity contribution in [2.45, 2.75) is 18.6 Å². The summed E-state index contributed by atoms with van der Waals surface area (Å²) in [6.45, 7) is 0. The summed E-state index contributed by atoms with van der Waals surface area (Å²) in [7, 11) is 0. The summed E-state index contributed by atoms with van der Waals surface area (Å²) in [4.78, 5) is 8.07. The molecule has 2 aromatic rings. The van der Waals surface area contributed by atoms with E-state index in [0.29, 0.717) is 12.2 Å². The molecule has 19 heavy (non-hydrogen) atoms. The Hall–Kier alpha value is -2.45. The van der Waals surface area contributed by atoms with Gasteiger partial charge < -0.3 is 10.4 Å². The molecule has 5 nitrogen and oxygen atoms in total. The van der Waals surface area contributed by atoms with Crippen LogP contribution in [0.2, 0.25) is 0 Å². The highest BCUT2D eigenvalue weighted by Crippen LogP contribution is 2.33. The number of hydrogen-bond acceptors (Lipinski definition) is 5. The lowest BCUT2D eigenvalue weighted by molar-refractivity contribution is 0.165. The Balaban J connectivity index is 1.94. The van der Waals surface area contributed by atoms with E-state index in [0.717, 1.165) is 11.1 Å². The number of fused-ring (bicyclic) bond motifs is 1. The van der Waals surface area contributed by atoms with Gasteiger partial charge in [0.05, 0.1) is 12.1 Å². The van der Waals surface area contributed by atoms with E-state index in [1.54, 1.807) is 0 Å². The summed E-state index contributed by atoms with van der Waals surface area (Å²) in [5.74, 6) is 0.408. The Morgan fingerprint density at radius 3 is 2.89 bits per heavy atom.